The highest BCUT2D eigenvalue weighted by atomic mass is 35.5. The summed E-state index contributed by atoms with van der Waals surface area (Å²) in [5.41, 5.74) is 7.11. The van der Waals surface area contributed by atoms with E-state index in [1.165, 1.54) is 0 Å². The van der Waals surface area contributed by atoms with Gasteiger partial charge in [-0.05, 0) is 24.1 Å². The fourth-order valence-electron chi connectivity index (χ4n) is 1.09. The van der Waals surface area contributed by atoms with Crippen LogP contribution >= 0.6 is 11.6 Å². The molecule has 4 nitrogen and oxygen atoms in total. The monoisotopic (exact) mass is 214 g/mol. The van der Waals surface area contributed by atoms with Crippen LogP contribution in [0.25, 0.3) is 0 Å². The summed E-state index contributed by atoms with van der Waals surface area (Å²) in [6.45, 7) is 1.84. The third-order valence-corrected chi connectivity index (χ3v) is 2.15. The lowest BCUT2D eigenvalue weighted by atomic mass is 10.0. The lowest BCUT2D eigenvalue weighted by Gasteiger charge is -2.08. The minimum atomic E-state index is -1.01. The Bertz CT molecular complexity index is 355. The van der Waals surface area contributed by atoms with Crippen LogP contribution < -0.4 is 5.73 Å². The van der Waals surface area contributed by atoms with Crippen molar-refractivity contribution in [3.05, 3.63) is 28.5 Å². The first-order valence-electron chi connectivity index (χ1n) is 4.10. The first-order chi connectivity index (χ1) is 6.50. The van der Waals surface area contributed by atoms with E-state index < -0.39 is 12.0 Å². The third kappa shape index (κ3) is 2.68. The van der Waals surface area contributed by atoms with Gasteiger partial charge < -0.3 is 10.8 Å². The zero-order valence-electron chi connectivity index (χ0n) is 7.70. The van der Waals surface area contributed by atoms with Crippen molar-refractivity contribution in [1.29, 1.82) is 0 Å². The molecule has 0 radical (unpaired) electrons. The van der Waals surface area contributed by atoms with Gasteiger partial charge in [-0.2, -0.15) is 0 Å². The maximum atomic E-state index is 10.5. The van der Waals surface area contributed by atoms with E-state index in [1.807, 2.05) is 6.92 Å². The summed E-state index contributed by atoms with van der Waals surface area (Å²) < 4.78 is 0. The Morgan fingerprint density at radius 1 is 1.79 bits per heavy atom. The Labute approximate surface area is 86.7 Å². The summed E-state index contributed by atoms with van der Waals surface area (Å²) in [5, 5.41) is 9.02. The fourth-order valence-corrected chi connectivity index (χ4v) is 1.30. The number of aliphatic carboxylic acids is 1. The Hall–Kier alpha value is -1.13. The van der Waals surface area contributed by atoms with E-state index in [9.17, 15) is 4.79 Å². The SMILES string of the molecule is Cc1cc(Cl)ncc1C[C@H](N)C(=O)O. The molecule has 0 bridgehead atoms. The second-order valence-corrected chi connectivity index (χ2v) is 3.47. The molecule has 0 amide bonds. The van der Waals surface area contributed by atoms with Crippen LogP contribution in [0.2, 0.25) is 5.15 Å². The number of pyridine rings is 1. The molecule has 1 heterocycles. The van der Waals surface area contributed by atoms with E-state index in [-0.39, 0.29) is 6.42 Å². The molecule has 0 aliphatic heterocycles. The number of carbonyl (C=O) groups is 1. The minimum Gasteiger partial charge on any atom is -0.480 e. The first-order valence-corrected chi connectivity index (χ1v) is 4.48. The molecule has 14 heavy (non-hydrogen) atoms. The van der Waals surface area contributed by atoms with Crippen LogP contribution in [0, 0.1) is 6.92 Å². The smallest absolute Gasteiger partial charge is 0.320 e. The highest BCUT2D eigenvalue weighted by molar-refractivity contribution is 6.29. The normalized spacial score (nSPS) is 12.5. The first kappa shape index (κ1) is 10.9. The fraction of sp³-hybridized carbons (Fsp3) is 0.333. The summed E-state index contributed by atoms with van der Waals surface area (Å²) in [6.07, 6.45) is 1.83. The van der Waals surface area contributed by atoms with Gasteiger partial charge in [-0.3, -0.25) is 4.79 Å². The van der Waals surface area contributed by atoms with Crippen molar-refractivity contribution < 1.29 is 9.90 Å². The molecular weight excluding hydrogens is 204 g/mol. The largest absolute Gasteiger partial charge is 0.480 e. The number of aromatic nitrogens is 1. The molecule has 76 valence electrons. The minimum absolute atomic E-state index is 0.269. The number of rotatable bonds is 3. The predicted molar refractivity (Wildman–Crippen MR) is 53.3 cm³/mol. The molecule has 0 aromatic carbocycles. The summed E-state index contributed by atoms with van der Waals surface area (Å²) in [5.74, 6) is -1.01. The molecule has 0 saturated heterocycles. The van der Waals surface area contributed by atoms with Gasteiger partial charge >= 0.3 is 5.97 Å². The van der Waals surface area contributed by atoms with Crippen LogP contribution in [-0.2, 0) is 11.2 Å². The summed E-state index contributed by atoms with van der Waals surface area (Å²) in [4.78, 5) is 14.4. The van der Waals surface area contributed by atoms with Crippen LogP contribution in [0.15, 0.2) is 12.3 Å². The van der Waals surface area contributed by atoms with E-state index in [0.29, 0.717) is 5.15 Å². The average Bonchev–Trinajstić information content (AvgIpc) is 2.09. The number of nitrogens with two attached hydrogens (primary N) is 1. The number of nitrogens with zero attached hydrogens (tertiary/aromatic N) is 1. The predicted octanol–water partition coefficient (Wildman–Crippen LogP) is 0.998. The highest BCUT2D eigenvalue weighted by Crippen LogP contribution is 2.13. The van der Waals surface area contributed by atoms with Gasteiger partial charge in [0.15, 0.2) is 0 Å². The lowest BCUT2D eigenvalue weighted by molar-refractivity contribution is -0.138. The molecule has 1 aromatic rings. The second-order valence-electron chi connectivity index (χ2n) is 3.08. The van der Waals surface area contributed by atoms with Crippen molar-refractivity contribution in [3.8, 4) is 0 Å². The van der Waals surface area contributed by atoms with Gasteiger partial charge in [0.2, 0.25) is 0 Å². The van der Waals surface area contributed by atoms with Gasteiger partial charge in [0.05, 0.1) is 0 Å². The van der Waals surface area contributed by atoms with E-state index in [0.717, 1.165) is 11.1 Å². The zero-order valence-corrected chi connectivity index (χ0v) is 8.45. The quantitative estimate of drug-likeness (QED) is 0.736. The number of halogens is 1. The number of aryl methyl sites for hydroxylation is 1. The van der Waals surface area contributed by atoms with E-state index in [1.54, 1.807) is 12.3 Å². The molecule has 0 fully saturated rings. The van der Waals surface area contributed by atoms with E-state index in [2.05, 4.69) is 4.98 Å². The van der Waals surface area contributed by atoms with Gasteiger partial charge in [0.1, 0.15) is 11.2 Å². The van der Waals surface area contributed by atoms with Crippen molar-refractivity contribution in [2.45, 2.75) is 19.4 Å². The van der Waals surface area contributed by atoms with Crippen molar-refractivity contribution >= 4 is 17.6 Å². The van der Waals surface area contributed by atoms with Crippen molar-refractivity contribution in [2.75, 3.05) is 0 Å². The van der Waals surface area contributed by atoms with Gasteiger partial charge in [0, 0.05) is 12.6 Å². The molecule has 1 aromatic heterocycles. The Kier molecular flexibility index (Phi) is 3.43. The number of carboxylic acid groups (broad SMARTS) is 1. The number of carboxylic acids is 1. The molecular formula is C9H11ClN2O2. The molecule has 5 heteroatoms. The average molecular weight is 215 g/mol. The Balaban J connectivity index is 2.82. The van der Waals surface area contributed by atoms with Crippen molar-refractivity contribution in [3.63, 3.8) is 0 Å². The topological polar surface area (TPSA) is 76.2 Å². The molecule has 3 N–H and O–H groups in total. The van der Waals surface area contributed by atoms with Gasteiger partial charge in [-0.1, -0.05) is 11.6 Å². The lowest BCUT2D eigenvalue weighted by Crippen LogP contribution is -2.32. The number of hydrogen-bond donors (Lipinski definition) is 2. The molecule has 0 aliphatic rings. The van der Waals surface area contributed by atoms with Crippen LogP contribution in [0.4, 0.5) is 0 Å². The molecule has 0 spiro atoms. The summed E-state index contributed by atoms with van der Waals surface area (Å²) in [7, 11) is 0. The van der Waals surface area contributed by atoms with E-state index >= 15 is 0 Å². The van der Waals surface area contributed by atoms with Crippen LogP contribution in [0.3, 0.4) is 0 Å². The maximum Gasteiger partial charge on any atom is 0.320 e. The third-order valence-electron chi connectivity index (χ3n) is 1.94. The zero-order chi connectivity index (χ0) is 10.7. The summed E-state index contributed by atoms with van der Waals surface area (Å²) >= 11 is 5.66. The van der Waals surface area contributed by atoms with Crippen molar-refractivity contribution in [2.24, 2.45) is 5.73 Å². The maximum absolute atomic E-state index is 10.5. The van der Waals surface area contributed by atoms with Crippen LogP contribution in [-0.4, -0.2) is 22.1 Å². The molecule has 0 saturated carbocycles. The standard InChI is InChI=1S/C9H11ClN2O2/c1-5-2-8(10)12-4-6(5)3-7(11)9(13)14/h2,4,7H,3,11H2,1H3,(H,13,14)/t7-/m0/s1. The van der Waals surface area contributed by atoms with Crippen LogP contribution in [0.5, 0.6) is 0 Å². The van der Waals surface area contributed by atoms with E-state index in [4.69, 9.17) is 22.4 Å². The molecule has 1 rings (SSSR count). The van der Waals surface area contributed by atoms with Gasteiger partial charge in [-0.15, -0.1) is 0 Å². The second kappa shape index (κ2) is 4.39. The van der Waals surface area contributed by atoms with Crippen LogP contribution in [0.1, 0.15) is 11.1 Å². The Morgan fingerprint density at radius 3 is 2.93 bits per heavy atom. The molecule has 0 aliphatic carbocycles. The molecule has 1 atom stereocenters. The highest BCUT2D eigenvalue weighted by Gasteiger charge is 2.13. The molecule has 0 unspecified atom stereocenters. The Morgan fingerprint density at radius 2 is 2.43 bits per heavy atom. The number of hydrogen-bond acceptors (Lipinski definition) is 3. The summed E-state index contributed by atoms with van der Waals surface area (Å²) in [6, 6.07) is 0.794. The van der Waals surface area contributed by atoms with Crippen molar-refractivity contribution in [1.82, 2.24) is 4.98 Å². The van der Waals surface area contributed by atoms with Gasteiger partial charge in [-0.25, -0.2) is 4.98 Å². The van der Waals surface area contributed by atoms with Gasteiger partial charge in [0.25, 0.3) is 0 Å².